The van der Waals surface area contributed by atoms with Gasteiger partial charge in [0.05, 0.1) is 12.9 Å². The smallest absolute Gasteiger partial charge is 0.328 e. The zero-order chi connectivity index (χ0) is 22.0. The second-order valence-corrected chi connectivity index (χ2v) is 8.54. The summed E-state index contributed by atoms with van der Waals surface area (Å²) in [5.74, 6) is -0.705. The van der Waals surface area contributed by atoms with Crippen molar-refractivity contribution in [3.63, 3.8) is 0 Å². The van der Waals surface area contributed by atoms with E-state index in [0.717, 1.165) is 29.2 Å². The molecule has 10 nitrogen and oxygen atoms in total. The van der Waals surface area contributed by atoms with E-state index in [9.17, 15) is 14.4 Å². The predicted octanol–water partition coefficient (Wildman–Crippen LogP) is 1.21. The first-order valence-corrected chi connectivity index (χ1v) is 10.8. The largest absolute Gasteiger partial charge is 0.338 e. The molecule has 31 heavy (non-hydrogen) atoms. The Bertz CT molecular complexity index is 1010. The number of urea groups is 1. The molecule has 4 rings (SSSR count). The molecule has 2 atom stereocenters. The summed E-state index contributed by atoms with van der Waals surface area (Å²) < 4.78 is 0. The zero-order valence-corrected chi connectivity index (χ0v) is 18.1. The number of likely N-dealkylation sites (N-methyl/N-ethyl adjacent to an activating group) is 2. The Hall–Kier alpha value is -3.34. The second-order valence-electron chi connectivity index (χ2n) is 7.47. The average Bonchev–Trinajstić information content (AvgIpc) is 3.38. The minimum atomic E-state index is -0.707. The summed E-state index contributed by atoms with van der Waals surface area (Å²) in [6.45, 7) is -0.0742. The third-order valence-corrected chi connectivity index (χ3v) is 6.21. The standard InChI is InChI=1S/C20H23N7O3S/c1-25-17-16(18(29)26(2)20(25)30)27(12-21-17)11-14(28)22-19-24-23-15(31-19)10-6-9-13-7-4-3-5-8-13/h3-5,7-8,12,16-17H,6,9-11H2,1-2H3,(H,22,24,28). The van der Waals surface area contributed by atoms with Crippen LogP contribution in [0.3, 0.4) is 0 Å². The second kappa shape index (κ2) is 8.80. The number of hydrogen-bond acceptors (Lipinski definition) is 8. The number of benzene rings is 1. The van der Waals surface area contributed by atoms with Crippen LogP contribution in [0.25, 0.3) is 0 Å². The van der Waals surface area contributed by atoms with E-state index in [0.29, 0.717) is 5.13 Å². The highest BCUT2D eigenvalue weighted by Crippen LogP contribution is 2.24. The van der Waals surface area contributed by atoms with Gasteiger partial charge in [-0.15, -0.1) is 10.2 Å². The van der Waals surface area contributed by atoms with Crippen LogP contribution in [-0.2, 0) is 22.4 Å². The minimum absolute atomic E-state index is 0.0742. The molecule has 1 fully saturated rings. The molecule has 0 bridgehead atoms. The van der Waals surface area contributed by atoms with Crippen molar-refractivity contribution >= 4 is 40.7 Å². The van der Waals surface area contributed by atoms with Gasteiger partial charge in [-0.1, -0.05) is 41.7 Å². The Morgan fingerprint density at radius 1 is 1.13 bits per heavy atom. The Labute approximate surface area is 183 Å². The third kappa shape index (κ3) is 4.41. The monoisotopic (exact) mass is 441 g/mol. The van der Waals surface area contributed by atoms with Crippen LogP contribution < -0.4 is 5.32 Å². The fourth-order valence-electron chi connectivity index (χ4n) is 3.66. The number of anilines is 1. The minimum Gasteiger partial charge on any atom is -0.338 e. The fourth-order valence-corrected chi connectivity index (χ4v) is 4.46. The Morgan fingerprint density at radius 3 is 2.68 bits per heavy atom. The van der Waals surface area contributed by atoms with Gasteiger partial charge in [0.15, 0.2) is 12.2 Å². The van der Waals surface area contributed by atoms with E-state index < -0.39 is 18.2 Å². The highest BCUT2D eigenvalue weighted by Gasteiger charge is 2.48. The molecule has 2 aromatic rings. The molecule has 1 N–H and O–H groups in total. The van der Waals surface area contributed by atoms with E-state index in [2.05, 4.69) is 32.6 Å². The van der Waals surface area contributed by atoms with Crippen molar-refractivity contribution in [3.05, 3.63) is 40.9 Å². The Morgan fingerprint density at radius 2 is 1.90 bits per heavy atom. The first kappa shape index (κ1) is 20.9. The van der Waals surface area contributed by atoms with Gasteiger partial charge < -0.3 is 9.80 Å². The topological polar surface area (TPSA) is 111 Å². The number of nitrogens with one attached hydrogen (secondary N) is 1. The normalized spacial score (nSPS) is 20.4. The lowest BCUT2D eigenvalue weighted by atomic mass is 10.1. The number of nitrogens with zero attached hydrogens (tertiary/aromatic N) is 6. The lowest BCUT2D eigenvalue weighted by Gasteiger charge is -2.39. The number of carbonyl (C=O) groups excluding carboxylic acids is 3. The molecule has 3 heterocycles. The summed E-state index contributed by atoms with van der Waals surface area (Å²) >= 11 is 1.34. The summed E-state index contributed by atoms with van der Waals surface area (Å²) in [5.41, 5.74) is 1.28. The van der Waals surface area contributed by atoms with Gasteiger partial charge in [-0.05, 0) is 18.4 Å². The number of imide groups is 1. The summed E-state index contributed by atoms with van der Waals surface area (Å²) in [6, 6.07) is 9.12. The van der Waals surface area contributed by atoms with E-state index in [-0.39, 0.29) is 18.4 Å². The van der Waals surface area contributed by atoms with Crippen LogP contribution in [0.5, 0.6) is 0 Å². The van der Waals surface area contributed by atoms with Crippen molar-refractivity contribution in [2.75, 3.05) is 26.0 Å². The van der Waals surface area contributed by atoms with E-state index in [4.69, 9.17) is 0 Å². The lowest BCUT2D eigenvalue weighted by Crippen LogP contribution is -2.64. The first-order valence-electron chi connectivity index (χ1n) is 9.93. The predicted molar refractivity (Wildman–Crippen MR) is 116 cm³/mol. The van der Waals surface area contributed by atoms with Crippen LogP contribution in [0.1, 0.15) is 17.0 Å². The van der Waals surface area contributed by atoms with Gasteiger partial charge >= 0.3 is 6.03 Å². The molecule has 1 saturated heterocycles. The number of carbonyl (C=O) groups is 3. The summed E-state index contributed by atoms with van der Waals surface area (Å²) in [4.78, 5) is 45.3. The number of amides is 4. The molecule has 2 aliphatic rings. The van der Waals surface area contributed by atoms with Crippen molar-refractivity contribution in [2.24, 2.45) is 4.99 Å². The van der Waals surface area contributed by atoms with Crippen LogP contribution in [0, 0.1) is 0 Å². The zero-order valence-electron chi connectivity index (χ0n) is 17.3. The molecule has 4 amide bonds. The molecule has 0 aliphatic carbocycles. The molecular formula is C20H23N7O3S. The van der Waals surface area contributed by atoms with Crippen molar-refractivity contribution in [1.82, 2.24) is 24.9 Å². The van der Waals surface area contributed by atoms with Gasteiger partial charge in [0.25, 0.3) is 5.91 Å². The average molecular weight is 442 g/mol. The highest BCUT2D eigenvalue weighted by atomic mass is 32.1. The molecule has 11 heteroatoms. The van der Waals surface area contributed by atoms with Gasteiger partial charge in [0.1, 0.15) is 5.01 Å². The number of fused-ring (bicyclic) bond motifs is 1. The summed E-state index contributed by atoms with van der Waals surface area (Å²) in [7, 11) is 3.01. The molecule has 1 aromatic carbocycles. The van der Waals surface area contributed by atoms with Gasteiger partial charge in [0.2, 0.25) is 11.0 Å². The van der Waals surface area contributed by atoms with Crippen LogP contribution >= 0.6 is 11.3 Å². The lowest BCUT2D eigenvalue weighted by molar-refractivity contribution is -0.136. The highest BCUT2D eigenvalue weighted by molar-refractivity contribution is 7.15. The number of aryl methyl sites for hydroxylation is 2. The van der Waals surface area contributed by atoms with Gasteiger partial charge in [-0.25, -0.2) is 9.79 Å². The maximum absolute atomic E-state index is 12.5. The first-order chi connectivity index (χ1) is 14.9. The molecule has 0 radical (unpaired) electrons. The van der Waals surface area contributed by atoms with Crippen LogP contribution in [0.4, 0.5) is 9.93 Å². The SMILES string of the molecule is CN1C(=O)C2C(N=CN2CC(=O)Nc2nnc(CCCc3ccccc3)s2)N(C)C1=O. The van der Waals surface area contributed by atoms with E-state index in [1.807, 2.05) is 18.2 Å². The number of aliphatic imine (C=N–C) groups is 1. The fraction of sp³-hybridized carbons (Fsp3) is 0.400. The Balaban J connectivity index is 1.29. The number of hydrogen-bond donors (Lipinski definition) is 1. The van der Waals surface area contributed by atoms with E-state index in [1.54, 1.807) is 11.9 Å². The van der Waals surface area contributed by atoms with Crippen molar-refractivity contribution in [2.45, 2.75) is 31.5 Å². The quantitative estimate of drug-likeness (QED) is 0.692. The third-order valence-electron chi connectivity index (χ3n) is 5.31. The number of rotatable bonds is 7. The van der Waals surface area contributed by atoms with Gasteiger partial charge in [-0.3, -0.25) is 19.8 Å². The van der Waals surface area contributed by atoms with E-state index >= 15 is 0 Å². The number of aromatic nitrogens is 2. The molecule has 2 unspecified atom stereocenters. The molecule has 0 spiro atoms. The molecular weight excluding hydrogens is 418 g/mol. The molecule has 2 aliphatic heterocycles. The summed E-state index contributed by atoms with van der Waals surface area (Å²) in [6.07, 6.45) is 3.51. The maximum Gasteiger partial charge on any atom is 0.328 e. The van der Waals surface area contributed by atoms with E-state index in [1.165, 1.54) is 35.2 Å². The van der Waals surface area contributed by atoms with Crippen molar-refractivity contribution in [1.29, 1.82) is 0 Å². The maximum atomic E-state index is 12.5. The molecule has 1 aromatic heterocycles. The van der Waals surface area contributed by atoms with Gasteiger partial charge in [-0.2, -0.15) is 0 Å². The van der Waals surface area contributed by atoms with Gasteiger partial charge in [0, 0.05) is 20.5 Å². The van der Waals surface area contributed by atoms with Crippen LogP contribution in [0.15, 0.2) is 35.3 Å². The van der Waals surface area contributed by atoms with Crippen molar-refractivity contribution < 1.29 is 14.4 Å². The Kier molecular flexibility index (Phi) is 5.94. The molecule has 0 saturated carbocycles. The van der Waals surface area contributed by atoms with Crippen molar-refractivity contribution in [3.8, 4) is 0 Å². The summed E-state index contributed by atoms with van der Waals surface area (Å²) in [5, 5.41) is 12.2. The van der Waals surface area contributed by atoms with Crippen LogP contribution in [-0.4, -0.2) is 81.9 Å². The molecule has 162 valence electrons. The van der Waals surface area contributed by atoms with Crippen LogP contribution in [0.2, 0.25) is 0 Å².